The summed E-state index contributed by atoms with van der Waals surface area (Å²) in [4.78, 5) is 23.7. The van der Waals surface area contributed by atoms with Gasteiger partial charge in [0.15, 0.2) is 0 Å². The summed E-state index contributed by atoms with van der Waals surface area (Å²) in [6, 6.07) is -0.269. The monoisotopic (exact) mass is 184 g/mol. The predicted octanol–water partition coefficient (Wildman–Crippen LogP) is -0.966. The maximum absolute atomic E-state index is 11.1. The minimum atomic E-state index is -0.946. The average molecular weight is 184 g/mol. The molecule has 0 aromatic rings. The van der Waals surface area contributed by atoms with Gasteiger partial charge in [0.1, 0.15) is 6.04 Å². The van der Waals surface area contributed by atoms with Gasteiger partial charge in [-0.2, -0.15) is 0 Å². The lowest BCUT2D eigenvalue weighted by molar-refractivity contribution is -0.144. The van der Waals surface area contributed by atoms with Crippen LogP contribution in [0.1, 0.15) is 12.8 Å². The van der Waals surface area contributed by atoms with E-state index in [1.807, 2.05) is 4.90 Å². The standard InChI is InChI=1S/C8H12N2O3/c11-7-4-10(5-1-2-5)3-6(9-7)8(12)13/h5-6H,1-4H2,(H,9,11)(H,12,13). The first-order valence-corrected chi connectivity index (χ1v) is 4.43. The summed E-state index contributed by atoms with van der Waals surface area (Å²) in [5, 5.41) is 11.2. The summed E-state index contributed by atoms with van der Waals surface area (Å²) < 4.78 is 0. The van der Waals surface area contributed by atoms with Crippen LogP contribution in [0, 0.1) is 0 Å². The van der Waals surface area contributed by atoms with E-state index < -0.39 is 12.0 Å². The maximum Gasteiger partial charge on any atom is 0.327 e. The molecule has 0 aromatic heterocycles. The highest BCUT2D eigenvalue weighted by Crippen LogP contribution is 2.27. The molecule has 72 valence electrons. The molecule has 13 heavy (non-hydrogen) atoms. The van der Waals surface area contributed by atoms with E-state index >= 15 is 0 Å². The number of carboxylic acids is 1. The minimum absolute atomic E-state index is 0.175. The van der Waals surface area contributed by atoms with Crippen LogP contribution in [-0.4, -0.2) is 47.1 Å². The van der Waals surface area contributed by atoms with Gasteiger partial charge in [-0.25, -0.2) is 4.79 Å². The molecule has 1 heterocycles. The second-order valence-electron chi connectivity index (χ2n) is 3.62. The van der Waals surface area contributed by atoms with Crippen LogP contribution in [0.25, 0.3) is 0 Å². The summed E-state index contributed by atoms with van der Waals surface area (Å²) in [6.45, 7) is 0.806. The van der Waals surface area contributed by atoms with Crippen molar-refractivity contribution in [2.24, 2.45) is 0 Å². The molecular formula is C8H12N2O3. The quantitative estimate of drug-likeness (QED) is 0.579. The highest BCUT2D eigenvalue weighted by Gasteiger charge is 2.37. The van der Waals surface area contributed by atoms with Crippen LogP contribution in [0.15, 0.2) is 0 Å². The Balaban J connectivity index is 1.99. The van der Waals surface area contributed by atoms with Gasteiger partial charge in [-0.05, 0) is 12.8 Å². The first-order chi connectivity index (χ1) is 6.16. The van der Waals surface area contributed by atoms with Crippen molar-refractivity contribution in [3.63, 3.8) is 0 Å². The SMILES string of the molecule is O=C1CN(C2CC2)CC(C(=O)O)N1. The molecule has 1 saturated heterocycles. The Hall–Kier alpha value is -1.10. The molecule has 0 bridgehead atoms. The van der Waals surface area contributed by atoms with E-state index in [1.54, 1.807) is 0 Å². The third-order valence-electron chi connectivity index (χ3n) is 2.46. The van der Waals surface area contributed by atoms with Gasteiger partial charge < -0.3 is 10.4 Å². The minimum Gasteiger partial charge on any atom is -0.480 e. The van der Waals surface area contributed by atoms with Gasteiger partial charge in [-0.15, -0.1) is 0 Å². The fraction of sp³-hybridized carbons (Fsp3) is 0.750. The Morgan fingerprint density at radius 2 is 2.23 bits per heavy atom. The molecule has 1 amide bonds. The molecule has 5 nitrogen and oxygen atoms in total. The van der Waals surface area contributed by atoms with E-state index in [0.29, 0.717) is 19.1 Å². The lowest BCUT2D eigenvalue weighted by Gasteiger charge is -2.30. The van der Waals surface area contributed by atoms with Gasteiger partial charge in [-0.1, -0.05) is 0 Å². The van der Waals surface area contributed by atoms with Crippen LogP contribution >= 0.6 is 0 Å². The Kier molecular flexibility index (Phi) is 1.95. The van der Waals surface area contributed by atoms with Crippen molar-refractivity contribution in [1.29, 1.82) is 0 Å². The van der Waals surface area contributed by atoms with Gasteiger partial charge in [0, 0.05) is 12.6 Å². The van der Waals surface area contributed by atoms with Crippen LogP contribution in [-0.2, 0) is 9.59 Å². The van der Waals surface area contributed by atoms with Crippen molar-refractivity contribution in [2.75, 3.05) is 13.1 Å². The zero-order chi connectivity index (χ0) is 9.42. The third-order valence-corrected chi connectivity index (χ3v) is 2.46. The first kappa shape index (κ1) is 8.50. The number of carbonyl (C=O) groups excluding carboxylic acids is 1. The summed E-state index contributed by atoms with van der Waals surface area (Å²) in [6.07, 6.45) is 2.19. The number of carboxylic acid groups (broad SMARTS) is 1. The fourth-order valence-corrected chi connectivity index (χ4v) is 1.63. The smallest absolute Gasteiger partial charge is 0.327 e. The van der Waals surface area contributed by atoms with Gasteiger partial charge in [0.25, 0.3) is 0 Å². The number of amides is 1. The number of hydrogen-bond donors (Lipinski definition) is 2. The predicted molar refractivity (Wildman–Crippen MR) is 44.2 cm³/mol. The zero-order valence-corrected chi connectivity index (χ0v) is 7.19. The highest BCUT2D eigenvalue weighted by atomic mass is 16.4. The van der Waals surface area contributed by atoms with Gasteiger partial charge in [-0.3, -0.25) is 9.69 Å². The lowest BCUT2D eigenvalue weighted by atomic mass is 10.2. The van der Waals surface area contributed by atoms with Crippen molar-refractivity contribution >= 4 is 11.9 Å². The molecule has 0 aromatic carbocycles. The van der Waals surface area contributed by atoms with E-state index in [0.717, 1.165) is 12.8 Å². The summed E-state index contributed by atoms with van der Waals surface area (Å²) in [5.41, 5.74) is 0. The van der Waals surface area contributed by atoms with Crippen LogP contribution in [0.3, 0.4) is 0 Å². The Morgan fingerprint density at radius 1 is 1.54 bits per heavy atom. The molecule has 0 radical (unpaired) electrons. The van der Waals surface area contributed by atoms with Crippen molar-refractivity contribution in [3.05, 3.63) is 0 Å². The molecule has 0 spiro atoms. The van der Waals surface area contributed by atoms with Gasteiger partial charge >= 0.3 is 5.97 Å². The molecule has 1 unspecified atom stereocenters. The van der Waals surface area contributed by atoms with E-state index in [1.165, 1.54) is 0 Å². The van der Waals surface area contributed by atoms with E-state index in [-0.39, 0.29) is 5.91 Å². The fourth-order valence-electron chi connectivity index (χ4n) is 1.63. The third kappa shape index (κ3) is 1.80. The van der Waals surface area contributed by atoms with Crippen molar-refractivity contribution < 1.29 is 14.7 Å². The molecule has 1 atom stereocenters. The lowest BCUT2D eigenvalue weighted by Crippen LogP contribution is -2.57. The van der Waals surface area contributed by atoms with Crippen molar-refractivity contribution in [1.82, 2.24) is 10.2 Å². The van der Waals surface area contributed by atoms with Crippen molar-refractivity contribution in [2.45, 2.75) is 24.9 Å². The zero-order valence-electron chi connectivity index (χ0n) is 7.19. The number of carbonyl (C=O) groups is 2. The van der Waals surface area contributed by atoms with E-state index in [4.69, 9.17) is 5.11 Å². The first-order valence-electron chi connectivity index (χ1n) is 4.43. The molecule has 1 aliphatic heterocycles. The second kappa shape index (κ2) is 2.99. The normalized spacial score (nSPS) is 29.8. The number of aliphatic carboxylic acids is 1. The number of rotatable bonds is 2. The Bertz CT molecular complexity index is 250. The summed E-state index contributed by atoms with van der Waals surface area (Å²) in [7, 11) is 0. The summed E-state index contributed by atoms with van der Waals surface area (Å²) >= 11 is 0. The highest BCUT2D eigenvalue weighted by molar-refractivity contribution is 5.86. The molecule has 5 heteroatoms. The maximum atomic E-state index is 11.1. The van der Waals surface area contributed by atoms with Crippen LogP contribution in [0.2, 0.25) is 0 Å². The number of piperazine rings is 1. The van der Waals surface area contributed by atoms with Crippen LogP contribution < -0.4 is 5.32 Å². The number of nitrogens with one attached hydrogen (secondary N) is 1. The number of hydrogen-bond acceptors (Lipinski definition) is 3. The molecule has 2 aliphatic rings. The second-order valence-corrected chi connectivity index (χ2v) is 3.62. The van der Waals surface area contributed by atoms with E-state index in [2.05, 4.69) is 5.32 Å². The average Bonchev–Trinajstić information content (AvgIpc) is 2.85. The Labute approximate surface area is 75.7 Å². The molecule has 2 N–H and O–H groups in total. The molecule has 1 saturated carbocycles. The topological polar surface area (TPSA) is 69.6 Å². The van der Waals surface area contributed by atoms with Crippen molar-refractivity contribution in [3.8, 4) is 0 Å². The van der Waals surface area contributed by atoms with E-state index in [9.17, 15) is 9.59 Å². The number of nitrogens with zero attached hydrogens (tertiary/aromatic N) is 1. The largest absolute Gasteiger partial charge is 0.480 e. The van der Waals surface area contributed by atoms with Gasteiger partial charge in [0.2, 0.25) is 5.91 Å². The molecular weight excluding hydrogens is 172 g/mol. The Morgan fingerprint density at radius 3 is 2.77 bits per heavy atom. The molecule has 2 rings (SSSR count). The van der Waals surface area contributed by atoms with Gasteiger partial charge in [0.05, 0.1) is 6.54 Å². The molecule has 2 fully saturated rings. The summed E-state index contributed by atoms with van der Waals surface area (Å²) in [5.74, 6) is -1.12. The van der Waals surface area contributed by atoms with Crippen LogP contribution in [0.5, 0.6) is 0 Å². The molecule has 1 aliphatic carbocycles. The van der Waals surface area contributed by atoms with Crippen LogP contribution in [0.4, 0.5) is 0 Å².